The molecule has 1 N–H and O–H groups in total. The van der Waals surface area contributed by atoms with Crippen LogP contribution >= 0.6 is 11.6 Å². The number of ether oxygens (including phenoxy) is 1. The van der Waals surface area contributed by atoms with Crippen molar-refractivity contribution >= 4 is 23.6 Å². The third-order valence-corrected chi connectivity index (χ3v) is 4.24. The second-order valence-corrected chi connectivity index (χ2v) is 5.93. The Morgan fingerprint density at radius 1 is 1.38 bits per heavy atom. The molecule has 0 bridgehead atoms. The monoisotopic (exact) mass is 302 g/mol. The zero-order valence-corrected chi connectivity index (χ0v) is 12.2. The van der Waals surface area contributed by atoms with Gasteiger partial charge in [0.15, 0.2) is 0 Å². The molecule has 0 spiro atoms. The van der Waals surface area contributed by atoms with Crippen LogP contribution in [0.2, 0.25) is 5.02 Å². The van der Waals surface area contributed by atoms with Crippen LogP contribution in [0, 0.1) is 11.3 Å². The molecule has 21 heavy (non-hydrogen) atoms. The van der Waals surface area contributed by atoms with E-state index in [0.29, 0.717) is 29.2 Å². The smallest absolute Gasteiger partial charge is 0.251 e. The molecule has 1 heterocycles. The number of hydrogen-bond donors (Lipinski definition) is 1. The molecule has 0 saturated heterocycles. The molecule has 1 aliphatic carbocycles. The van der Waals surface area contributed by atoms with Gasteiger partial charge in [-0.15, -0.1) is 0 Å². The van der Waals surface area contributed by atoms with E-state index in [4.69, 9.17) is 16.3 Å². The standard InChI is InChI=1S/C16H15ClN2O2/c17-13-3-4-14-11(8-13)7-12(9-21-14)15(20)19-16(10-18)5-1-2-6-16/h3-4,7-8H,1-2,5-6,9H2,(H,19,20). The predicted molar refractivity (Wildman–Crippen MR) is 79.9 cm³/mol. The topological polar surface area (TPSA) is 62.1 Å². The van der Waals surface area contributed by atoms with E-state index in [1.165, 1.54) is 0 Å². The molecule has 0 aromatic heterocycles. The van der Waals surface area contributed by atoms with E-state index in [2.05, 4.69) is 11.4 Å². The molecular weight excluding hydrogens is 288 g/mol. The van der Waals surface area contributed by atoms with Crippen molar-refractivity contribution < 1.29 is 9.53 Å². The maximum absolute atomic E-state index is 12.4. The summed E-state index contributed by atoms with van der Waals surface area (Å²) in [6.07, 6.45) is 5.15. The first kappa shape index (κ1) is 14.0. The van der Waals surface area contributed by atoms with E-state index in [1.54, 1.807) is 24.3 Å². The average molecular weight is 303 g/mol. The summed E-state index contributed by atoms with van der Waals surface area (Å²) in [5, 5.41) is 12.8. The van der Waals surface area contributed by atoms with Crippen LogP contribution in [0.5, 0.6) is 5.75 Å². The minimum Gasteiger partial charge on any atom is -0.488 e. The van der Waals surface area contributed by atoms with Gasteiger partial charge in [-0.1, -0.05) is 11.6 Å². The third-order valence-electron chi connectivity index (χ3n) is 4.00. The molecule has 108 valence electrons. The molecule has 0 unspecified atom stereocenters. The number of benzene rings is 1. The zero-order chi connectivity index (χ0) is 14.9. The highest BCUT2D eigenvalue weighted by atomic mass is 35.5. The van der Waals surface area contributed by atoms with Crippen molar-refractivity contribution in [3.63, 3.8) is 0 Å². The molecule has 5 heteroatoms. The Hall–Kier alpha value is -1.99. The van der Waals surface area contributed by atoms with Crippen LogP contribution in [0.15, 0.2) is 23.8 Å². The first-order valence-electron chi connectivity index (χ1n) is 6.99. The van der Waals surface area contributed by atoms with E-state index < -0.39 is 5.54 Å². The van der Waals surface area contributed by atoms with Crippen molar-refractivity contribution in [3.05, 3.63) is 34.4 Å². The summed E-state index contributed by atoms with van der Waals surface area (Å²) >= 11 is 5.96. The number of nitrogens with one attached hydrogen (secondary N) is 1. The van der Waals surface area contributed by atoms with Crippen LogP contribution in [-0.2, 0) is 4.79 Å². The van der Waals surface area contributed by atoms with Crippen LogP contribution in [-0.4, -0.2) is 18.1 Å². The lowest BCUT2D eigenvalue weighted by molar-refractivity contribution is -0.119. The Morgan fingerprint density at radius 2 is 2.14 bits per heavy atom. The van der Waals surface area contributed by atoms with Crippen molar-refractivity contribution in [1.29, 1.82) is 5.26 Å². The average Bonchev–Trinajstić information content (AvgIpc) is 2.95. The number of rotatable bonds is 2. The SMILES string of the molecule is N#CC1(NC(=O)C2=Cc3cc(Cl)ccc3OC2)CCCC1. The van der Waals surface area contributed by atoms with Gasteiger partial charge < -0.3 is 10.1 Å². The fourth-order valence-corrected chi connectivity index (χ4v) is 3.00. The number of halogens is 1. The van der Waals surface area contributed by atoms with Crippen molar-refractivity contribution in [3.8, 4) is 11.8 Å². The highest BCUT2D eigenvalue weighted by Gasteiger charge is 2.36. The van der Waals surface area contributed by atoms with E-state index in [0.717, 1.165) is 18.4 Å². The minimum atomic E-state index is -0.716. The van der Waals surface area contributed by atoms with Crippen molar-refractivity contribution in [2.45, 2.75) is 31.2 Å². The van der Waals surface area contributed by atoms with E-state index in [1.807, 2.05) is 0 Å². The number of carbonyl (C=O) groups excluding carboxylic acids is 1. The van der Waals surface area contributed by atoms with Gasteiger partial charge in [-0.3, -0.25) is 4.79 Å². The van der Waals surface area contributed by atoms with Gasteiger partial charge in [0.05, 0.1) is 11.6 Å². The van der Waals surface area contributed by atoms with E-state index >= 15 is 0 Å². The Labute approximate surface area is 128 Å². The fraction of sp³-hybridized carbons (Fsp3) is 0.375. The largest absolute Gasteiger partial charge is 0.488 e. The second kappa shape index (κ2) is 5.42. The molecule has 1 aliphatic heterocycles. The molecule has 4 nitrogen and oxygen atoms in total. The summed E-state index contributed by atoms with van der Waals surface area (Å²) in [4.78, 5) is 12.4. The highest BCUT2D eigenvalue weighted by molar-refractivity contribution is 6.30. The molecule has 1 aromatic carbocycles. The maximum atomic E-state index is 12.4. The van der Waals surface area contributed by atoms with Gasteiger partial charge in [-0.05, 0) is 50.0 Å². The predicted octanol–water partition coefficient (Wildman–Crippen LogP) is 3.07. The number of nitrogens with zero attached hydrogens (tertiary/aromatic N) is 1. The van der Waals surface area contributed by atoms with Gasteiger partial charge in [0, 0.05) is 10.6 Å². The molecular formula is C16H15ClN2O2. The summed E-state index contributed by atoms with van der Waals surface area (Å²) in [5.41, 5.74) is 0.592. The Bertz CT molecular complexity index is 655. The van der Waals surface area contributed by atoms with E-state index in [9.17, 15) is 10.1 Å². The normalized spacial score (nSPS) is 19.0. The summed E-state index contributed by atoms with van der Waals surface area (Å²) in [6.45, 7) is 0.210. The van der Waals surface area contributed by atoms with Crippen LogP contribution in [0.4, 0.5) is 0 Å². The molecule has 0 radical (unpaired) electrons. The number of amides is 1. The summed E-state index contributed by atoms with van der Waals surface area (Å²) in [7, 11) is 0. The van der Waals surface area contributed by atoms with Gasteiger partial charge >= 0.3 is 0 Å². The Balaban J connectivity index is 1.81. The third kappa shape index (κ3) is 2.74. The van der Waals surface area contributed by atoms with Crippen LogP contribution in [0.25, 0.3) is 6.08 Å². The van der Waals surface area contributed by atoms with Gasteiger partial charge in [0.1, 0.15) is 17.9 Å². The lowest BCUT2D eigenvalue weighted by Gasteiger charge is -2.24. The Kier molecular flexibility index (Phi) is 3.60. The molecule has 1 aromatic rings. The lowest BCUT2D eigenvalue weighted by atomic mass is 9.98. The van der Waals surface area contributed by atoms with E-state index in [-0.39, 0.29) is 12.5 Å². The zero-order valence-electron chi connectivity index (χ0n) is 11.5. The molecule has 0 atom stereocenters. The van der Waals surface area contributed by atoms with Crippen molar-refractivity contribution in [2.24, 2.45) is 0 Å². The fourth-order valence-electron chi connectivity index (χ4n) is 2.82. The molecule has 1 fully saturated rings. The van der Waals surface area contributed by atoms with Crippen LogP contribution in [0.3, 0.4) is 0 Å². The number of hydrogen-bond acceptors (Lipinski definition) is 3. The molecule has 2 aliphatic rings. The van der Waals surface area contributed by atoms with Gasteiger partial charge in [0.2, 0.25) is 0 Å². The quantitative estimate of drug-likeness (QED) is 0.913. The van der Waals surface area contributed by atoms with Gasteiger partial charge in [0.25, 0.3) is 5.91 Å². The number of nitriles is 1. The van der Waals surface area contributed by atoms with Crippen molar-refractivity contribution in [1.82, 2.24) is 5.32 Å². The number of carbonyl (C=O) groups is 1. The minimum absolute atomic E-state index is 0.210. The maximum Gasteiger partial charge on any atom is 0.251 e. The second-order valence-electron chi connectivity index (χ2n) is 5.50. The van der Waals surface area contributed by atoms with Crippen molar-refractivity contribution in [2.75, 3.05) is 6.61 Å². The van der Waals surface area contributed by atoms with Crippen LogP contribution in [0.1, 0.15) is 31.2 Å². The first-order chi connectivity index (χ1) is 10.1. The molecule has 1 saturated carbocycles. The molecule has 1 amide bonds. The lowest BCUT2D eigenvalue weighted by Crippen LogP contribution is -2.46. The summed E-state index contributed by atoms with van der Waals surface area (Å²) < 4.78 is 5.57. The first-order valence-corrected chi connectivity index (χ1v) is 7.36. The van der Waals surface area contributed by atoms with Gasteiger partial charge in [-0.25, -0.2) is 0 Å². The summed E-state index contributed by atoms with van der Waals surface area (Å²) in [6, 6.07) is 7.56. The molecule has 3 rings (SSSR count). The summed E-state index contributed by atoms with van der Waals surface area (Å²) in [5.74, 6) is 0.482. The Morgan fingerprint density at radius 3 is 2.86 bits per heavy atom. The van der Waals surface area contributed by atoms with Crippen LogP contribution < -0.4 is 10.1 Å². The van der Waals surface area contributed by atoms with Gasteiger partial charge in [-0.2, -0.15) is 5.26 Å². The highest BCUT2D eigenvalue weighted by Crippen LogP contribution is 2.31. The number of fused-ring (bicyclic) bond motifs is 1.